The number of hydrogen-bond acceptors (Lipinski definition) is 2. The first kappa shape index (κ1) is 12.0. The molecule has 0 saturated carbocycles. The van der Waals surface area contributed by atoms with Crippen molar-refractivity contribution in [1.82, 2.24) is 5.32 Å². The molecule has 2 nitrogen and oxygen atoms in total. The fourth-order valence-electron chi connectivity index (χ4n) is 2.09. The lowest BCUT2D eigenvalue weighted by molar-refractivity contribution is 0.102. The first-order chi connectivity index (χ1) is 6.83. The van der Waals surface area contributed by atoms with E-state index in [4.69, 9.17) is 4.74 Å². The summed E-state index contributed by atoms with van der Waals surface area (Å²) in [5.74, 6) is 0. The summed E-state index contributed by atoms with van der Waals surface area (Å²) in [5.41, 5.74) is 0. The molecule has 14 heavy (non-hydrogen) atoms. The van der Waals surface area contributed by atoms with Crippen LogP contribution < -0.4 is 5.32 Å². The highest BCUT2D eigenvalue weighted by molar-refractivity contribution is 4.66. The van der Waals surface area contributed by atoms with Crippen LogP contribution in [0, 0.1) is 0 Å². The molecule has 0 amide bonds. The molecule has 1 fully saturated rings. The van der Waals surface area contributed by atoms with E-state index in [0.29, 0.717) is 12.1 Å². The highest BCUT2D eigenvalue weighted by Gasteiger charge is 2.14. The van der Waals surface area contributed by atoms with Crippen LogP contribution in [-0.2, 0) is 4.74 Å². The summed E-state index contributed by atoms with van der Waals surface area (Å²) in [5, 5.41) is 3.55. The first-order valence-electron chi connectivity index (χ1n) is 6.18. The van der Waals surface area contributed by atoms with Crippen molar-refractivity contribution < 1.29 is 4.74 Å². The van der Waals surface area contributed by atoms with Gasteiger partial charge in [0.05, 0.1) is 6.10 Å². The average Bonchev–Trinajstić information content (AvgIpc) is 2.65. The lowest BCUT2D eigenvalue weighted by atomic mass is 10.1. The molecule has 0 aromatic rings. The van der Waals surface area contributed by atoms with Gasteiger partial charge in [0.2, 0.25) is 0 Å². The molecule has 1 aliphatic rings. The van der Waals surface area contributed by atoms with Crippen LogP contribution in [0.2, 0.25) is 0 Å². The Bertz CT molecular complexity index is 132. The van der Waals surface area contributed by atoms with Crippen molar-refractivity contribution >= 4 is 0 Å². The van der Waals surface area contributed by atoms with E-state index in [1.807, 2.05) is 0 Å². The van der Waals surface area contributed by atoms with Crippen LogP contribution >= 0.6 is 0 Å². The molecule has 0 aromatic carbocycles. The molecule has 2 heteroatoms. The molecular formula is C12H25NO. The molecule has 1 aliphatic heterocycles. The third-order valence-corrected chi connectivity index (χ3v) is 2.94. The van der Waals surface area contributed by atoms with Crippen LogP contribution in [0.3, 0.4) is 0 Å². The number of rotatable bonds is 7. The quantitative estimate of drug-likeness (QED) is 0.637. The maximum Gasteiger partial charge on any atom is 0.0576 e. The Morgan fingerprint density at radius 1 is 1.50 bits per heavy atom. The van der Waals surface area contributed by atoms with Gasteiger partial charge in [0, 0.05) is 12.6 Å². The second-order valence-electron chi connectivity index (χ2n) is 4.42. The highest BCUT2D eigenvalue weighted by Crippen LogP contribution is 2.16. The Hall–Kier alpha value is -0.0800. The third kappa shape index (κ3) is 4.97. The minimum Gasteiger partial charge on any atom is -0.378 e. The second-order valence-corrected chi connectivity index (χ2v) is 4.42. The predicted octanol–water partition coefficient (Wildman–Crippen LogP) is 2.72. The van der Waals surface area contributed by atoms with E-state index in [-0.39, 0.29) is 0 Å². The first-order valence-corrected chi connectivity index (χ1v) is 6.18. The molecule has 2 unspecified atom stereocenters. The van der Waals surface area contributed by atoms with Gasteiger partial charge in [-0.05, 0) is 45.6 Å². The van der Waals surface area contributed by atoms with Crippen molar-refractivity contribution in [1.29, 1.82) is 0 Å². The topological polar surface area (TPSA) is 21.3 Å². The molecule has 0 aliphatic carbocycles. The van der Waals surface area contributed by atoms with E-state index >= 15 is 0 Å². The Morgan fingerprint density at radius 2 is 2.36 bits per heavy atom. The van der Waals surface area contributed by atoms with Gasteiger partial charge >= 0.3 is 0 Å². The van der Waals surface area contributed by atoms with Crippen molar-refractivity contribution in [3.05, 3.63) is 0 Å². The zero-order chi connectivity index (χ0) is 10.2. The van der Waals surface area contributed by atoms with Crippen molar-refractivity contribution in [3.63, 3.8) is 0 Å². The maximum atomic E-state index is 5.58. The van der Waals surface area contributed by atoms with Crippen LogP contribution in [0.15, 0.2) is 0 Å². The van der Waals surface area contributed by atoms with Crippen LogP contribution in [-0.4, -0.2) is 25.3 Å². The number of hydrogen-bond donors (Lipinski definition) is 1. The van der Waals surface area contributed by atoms with Gasteiger partial charge in [-0.25, -0.2) is 0 Å². The van der Waals surface area contributed by atoms with Gasteiger partial charge in [-0.1, -0.05) is 13.3 Å². The monoisotopic (exact) mass is 199 g/mol. The zero-order valence-corrected chi connectivity index (χ0v) is 9.72. The summed E-state index contributed by atoms with van der Waals surface area (Å²) in [6, 6.07) is 0.685. The molecular weight excluding hydrogens is 174 g/mol. The van der Waals surface area contributed by atoms with Crippen molar-refractivity contribution in [2.75, 3.05) is 13.2 Å². The average molecular weight is 199 g/mol. The van der Waals surface area contributed by atoms with Crippen LogP contribution in [0.4, 0.5) is 0 Å². The molecule has 1 heterocycles. The molecule has 84 valence electrons. The van der Waals surface area contributed by atoms with Crippen LogP contribution in [0.1, 0.15) is 52.4 Å². The molecule has 1 N–H and O–H groups in total. The van der Waals surface area contributed by atoms with Gasteiger partial charge in [0.25, 0.3) is 0 Å². The lowest BCUT2D eigenvalue weighted by Crippen LogP contribution is -2.27. The molecule has 2 atom stereocenters. The standard InChI is InChI=1S/C12H25NO/c1-3-6-11(2)13-9-4-7-12-8-5-10-14-12/h11-13H,3-10H2,1-2H3. The molecule has 0 aromatic heterocycles. The van der Waals surface area contributed by atoms with Gasteiger partial charge in [-0.3, -0.25) is 0 Å². The fourth-order valence-corrected chi connectivity index (χ4v) is 2.09. The van der Waals surface area contributed by atoms with E-state index in [1.165, 1.54) is 38.5 Å². The van der Waals surface area contributed by atoms with Crippen molar-refractivity contribution in [2.45, 2.75) is 64.5 Å². The summed E-state index contributed by atoms with van der Waals surface area (Å²) in [6.45, 7) is 6.66. The molecule has 0 radical (unpaired) electrons. The molecule has 1 rings (SSSR count). The zero-order valence-electron chi connectivity index (χ0n) is 9.72. The third-order valence-electron chi connectivity index (χ3n) is 2.94. The summed E-state index contributed by atoms with van der Waals surface area (Å²) in [7, 11) is 0. The minimum absolute atomic E-state index is 0.568. The summed E-state index contributed by atoms with van der Waals surface area (Å²) >= 11 is 0. The summed E-state index contributed by atoms with van der Waals surface area (Å²) < 4.78 is 5.58. The largest absolute Gasteiger partial charge is 0.378 e. The van der Waals surface area contributed by atoms with Gasteiger partial charge < -0.3 is 10.1 Å². The van der Waals surface area contributed by atoms with E-state index in [0.717, 1.165) is 13.2 Å². The number of nitrogens with one attached hydrogen (secondary N) is 1. The Labute approximate surface area is 88.4 Å². The second kappa shape index (κ2) is 7.24. The van der Waals surface area contributed by atoms with Gasteiger partial charge in [0.1, 0.15) is 0 Å². The van der Waals surface area contributed by atoms with E-state index in [1.54, 1.807) is 0 Å². The van der Waals surface area contributed by atoms with Crippen molar-refractivity contribution in [2.24, 2.45) is 0 Å². The van der Waals surface area contributed by atoms with Gasteiger partial charge in [0.15, 0.2) is 0 Å². The molecule has 1 saturated heterocycles. The minimum atomic E-state index is 0.568. The van der Waals surface area contributed by atoms with E-state index in [9.17, 15) is 0 Å². The van der Waals surface area contributed by atoms with Crippen LogP contribution in [0.5, 0.6) is 0 Å². The smallest absolute Gasteiger partial charge is 0.0576 e. The predicted molar refractivity (Wildman–Crippen MR) is 60.6 cm³/mol. The Kier molecular flexibility index (Phi) is 6.20. The van der Waals surface area contributed by atoms with E-state index < -0.39 is 0 Å². The molecule has 0 bridgehead atoms. The number of ether oxygens (including phenoxy) is 1. The fraction of sp³-hybridized carbons (Fsp3) is 1.00. The Balaban J connectivity index is 1.88. The lowest BCUT2D eigenvalue weighted by Gasteiger charge is -2.13. The highest BCUT2D eigenvalue weighted by atomic mass is 16.5. The van der Waals surface area contributed by atoms with E-state index in [2.05, 4.69) is 19.2 Å². The van der Waals surface area contributed by atoms with Crippen LogP contribution in [0.25, 0.3) is 0 Å². The molecule has 0 spiro atoms. The van der Waals surface area contributed by atoms with Gasteiger partial charge in [-0.15, -0.1) is 0 Å². The Morgan fingerprint density at radius 3 is 3.00 bits per heavy atom. The van der Waals surface area contributed by atoms with Crippen molar-refractivity contribution in [3.8, 4) is 0 Å². The maximum absolute atomic E-state index is 5.58. The normalized spacial score (nSPS) is 24.0. The summed E-state index contributed by atoms with van der Waals surface area (Å²) in [4.78, 5) is 0. The summed E-state index contributed by atoms with van der Waals surface area (Å²) in [6.07, 6.45) is 8.19. The van der Waals surface area contributed by atoms with Gasteiger partial charge in [-0.2, -0.15) is 0 Å². The SMILES string of the molecule is CCCC(C)NCCCC1CCCO1.